The van der Waals surface area contributed by atoms with Crippen LogP contribution in [0.2, 0.25) is 0 Å². The smallest absolute Gasteiger partial charge is 0.234 e. The van der Waals surface area contributed by atoms with Crippen LogP contribution < -0.4 is 4.57 Å². The fourth-order valence-electron chi connectivity index (χ4n) is 5.44. The van der Waals surface area contributed by atoms with Crippen LogP contribution in [0, 0.1) is 6.92 Å². The molecule has 0 aliphatic rings. The molecule has 0 saturated carbocycles. The third kappa shape index (κ3) is 19.0. The van der Waals surface area contributed by atoms with Crippen molar-refractivity contribution in [3.05, 3.63) is 18.2 Å². The van der Waals surface area contributed by atoms with Crippen molar-refractivity contribution in [3.63, 3.8) is 0 Å². The molecule has 1 aromatic heterocycles. The summed E-state index contributed by atoms with van der Waals surface area (Å²) in [7, 11) is 0. The molecule has 0 aliphatic heterocycles. The monoisotopic (exact) mass is 490 g/mol. The largest absolute Gasteiger partial charge is 0.253 e. The number of aryl methyl sites for hydroxylation is 2. The Bertz CT molecular complexity index is 547. The average Bonchev–Trinajstić information content (AvgIpc) is 3.21. The first-order chi connectivity index (χ1) is 17.3. The second-order valence-corrected chi connectivity index (χ2v) is 11.4. The molecule has 2 heteroatoms. The van der Waals surface area contributed by atoms with Crippen LogP contribution in [0.25, 0.3) is 0 Å². The molecule has 0 N–H and O–H groups in total. The molecular weight excluding hydrogens is 424 g/mol. The fourth-order valence-corrected chi connectivity index (χ4v) is 5.44. The van der Waals surface area contributed by atoms with Gasteiger partial charge in [-0.25, -0.2) is 9.13 Å². The van der Waals surface area contributed by atoms with Crippen molar-refractivity contribution in [2.24, 2.45) is 0 Å². The topological polar surface area (TPSA) is 8.81 Å². The zero-order valence-corrected chi connectivity index (χ0v) is 24.6. The molecule has 206 valence electrons. The van der Waals surface area contributed by atoms with Crippen LogP contribution >= 0.6 is 0 Å². The highest BCUT2D eigenvalue weighted by molar-refractivity contribution is 4.79. The highest BCUT2D eigenvalue weighted by Gasteiger charge is 2.11. The Morgan fingerprint density at radius 3 is 1.23 bits per heavy atom. The van der Waals surface area contributed by atoms with Gasteiger partial charge < -0.3 is 0 Å². The third-order valence-corrected chi connectivity index (χ3v) is 8.01. The van der Waals surface area contributed by atoms with Gasteiger partial charge in [-0.2, -0.15) is 0 Å². The molecule has 0 unspecified atom stereocenters. The van der Waals surface area contributed by atoms with E-state index in [2.05, 4.69) is 42.3 Å². The lowest BCUT2D eigenvalue weighted by molar-refractivity contribution is -0.702. The van der Waals surface area contributed by atoms with E-state index in [0.29, 0.717) is 0 Å². The predicted molar refractivity (Wildman–Crippen MR) is 156 cm³/mol. The molecule has 0 saturated heterocycles. The van der Waals surface area contributed by atoms with Crippen LogP contribution in [-0.4, -0.2) is 4.57 Å². The molecule has 0 amide bonds. The van der Waals surface area contributed by atoms with Crippen molar-refractivity contribution < 1.29 is 4.57 Å². The molecule has 0 atom stereocenters. The van der Waals surface area contributed by atoms with Gasteiger partial charge in [0.15, 0.2) is 0 Å². The summed E-state index contributed by atoms with van der Waals surface area (Å²) < 4.78 is 4.97. The van der Waals surface area contributed by atoms with Crippen LogP contribution in [0.5, 0.6) is 0 Å². The molecule has 1 aromatic rings. The van der Waals surface area contributed by atoms with Crippen molar-refractivity contribution in [1.29, 1.82) is 0 Å². The van der Waals surface area contributed by atoms with Crippen molar-refractivity contribution in [3.8, 4) is 0 Å². The van der Waals surface area contributed by atoms with Crippen molar-refractivity contribution in [2.45, 2.75) is 194 Å². The Labute approximate surface area is 221 Å². The lowest BCUT2D eigenvalue weighted by atomic mass is 10.0. The molecule has 1 rings (SSSR count). The summed E-state index contributed by atoms with van der Waals surface area (Å²) in [6.07, 6.45) is 40.4. The average molecular weight is 490 g/mol. The Hall–Kier alpha value is -0.790. The highest BCUT2D eigenvalue weighted by Crippen LogP contribution is 2.14. The normalized spacial score (nSPS) is 11.5. The van der Waals surface area contributed by atoms with E-state index in [1.54, 1.807) is 0 Å². The lowest BCUT2D eigenvalue weighted by Gasteiger charge is -2.04. The van der Waals surface area contributed by atoms with Crippen molar-refractivity contribution >= 4 is 0 Å². The SMILES string of the molecule is CCCCCCCCCCCCCCC[n+]1ccn(CCCCCCCCCCCCCC)c1C. The van der Waals surface area contributed by atoms with Crippen LogP contribution in [0.3, 0.4) is 0 Å². The van der Waals surface area contributed by atoms with Gasteiger partial charge in [0.25, 0.3) is 5.82 Å². The zero-order chi connectivity index (χ0) is 25.2. The first-order valence-electron chi connectivity index (χ1n) is 16.3. The van der Waals surface area contributed by atoms with E-state index in [4.69, 9.17) is 0 Å². The lowest BCUT2D eigenvalue weighted by Crippen LogP contribution is -2.35. The number of unbranched alkanes of at least 4 members (excludes halogenated alkanes) is 23. The van der Waals surface area contributed by atoms with E-state index in [0.717, 1.165) is 0 Å². The van der Waals surface area contributed by atoms with Gasteiger partial charge in [0.05, 0.1) is 13.1 Å². The minimum atomic E-state index is 1.20. The molecule has 0 aliphatic carbocycles. The first kappa shape index (κ1) is 32.2. The second kappa shape index (κ2) is 24.9. The summed E-state index contributed by atoms with van der Waals surface area (Å²) in [6, 6.07) is 0. The van der Waals surface area contributed by atoms with Crippen molar-refractivity contribution in [1.82, 2.24) is 4.57 Å². The minimum absolute atomic E-state index is 1.20. The van der Waals surface area contributed by atoms with Gasteiger partial charge in [0.1, 0.15) is 12.4 Å². The molecule has 0 aromatic carbocycles. The molecule has 0 radical (unpaired) electrons. The summed E-state index contributed by atoms with van der Waals surface area (Å²) >= 11 is 0. The third-order valence-electron chi connectivity index (χ3n) is 8.01. The molecule has 0 spiro atoms. The van der Waals surface area contributed by atoms with E-state index in [1.807, 2.05) is 0 Å². The van der Waals surface area contributed by atoms with E-state index in [1.165, 1.54) is 179 Å². The molecule has 1 heterocycles. The van der Waals surface area contributed by atoms with Gasteiger partial charge in [0, 0.05) is 6.92 Å². The van der Waals surface area contributed by atoms with Crippen LogP contribution in [0.1, 0.15) is 180 Å². The van der Waals surface area contributed by atoms with Crippen LogP contribution in [-0.2, 0) is 13.1 Å². The summed E-state index contributed by atoms with van der Waals surface area (Å²) in [4.78, 5) is 0. The van der Waals surface area contributed by atoms with Crippen LogP contribution in [0.15, 0.2) is 12.4 Å². The van der Waals surface area contributed by atoms with E-state index in [-0.39, 0.29) is 0 Å². The number of hydrogen-bond donors (Lipinski definition) is 0. The molecule has 2 nitrogen and oxygen atoms in total. The van der Waals surface area contributed by atoms with E-state index >= 15 is 0 Å². The molecular formula is C33H65N2+. The van der Waals surface area contributed by atoms with E-state index in [9.17, 15) is 0 Å². The van der Waals surface area contributed by atoms with Gasteiger partial charge >= 0.3 is 0 Å². The Balaban J connectivity index is 1.91. The maximum absolute atomic E-state index is 2.49. The van der Waals surface area contributed by atoms with E-state index < -0.39 is 0 Å². The molecule has 35 heavy (non-hydrogen) atoms. The molecule has 0 fully saturated rings. The standard InChI is InChI=1S/C33H65N2/c1-4-6-8-10-12-14-16-18-20-22-24-26-28-30-35-32-31-34(33(35)3)29-27-25-23-21-19-17-15-13-11-9-7-5-2/h31-32H,4-30H2,1-3H3/q+1. The molecule has 0 bridgehead atoms. The van der Waals surface area contributed by atoms with Gasteiger partial charge in [-0.05, 0) is 25.7 Å². The van der Waals surface area contributed by atoms with Crippen molar-refractivity contribution in [2.75, 3.05) is 0 Å². The van der Waals surface area contributed by atoms with Gasteiger partial charge in [0.2, 0.25) is 0 Å². The Morgan fingerprint density at radius 2 is 0.829 bits per heavy atom. The van der Waals surface area contributed by atoms with Gasteiger partial charge in [-0.15, -0.1) is 0 Å². The summed E-state index contributed by atoms with van der Waals surface area (Å²) in [5.74, 6) is 1.45. The number of aromatic nitrogens is 2. The number of nitrogens with zero attached hydrogens (tertiary/aromatic N) is 2. The highest BCUT2D eigenvalue weighted by atomic mass is 15.1. The maximum atomic E-state index is 2.49. The number of rotatable bonds is 27. The summed E-state index contributed by atoms with van der Waals surface area (Å²) in [6.45, 7) is 9.32. The zero-order valence-electron chi connectivity index (χ0n) is 24.6. The number of hydrogen-bond acceptors (Lipinski definition) is 0. The van der Waals surface area contributed by atoms with Gasteiger partial charge in [-0.3, -0.25) is 0 Å². The number of imidazole rings is 1. The minimum Gasteiger partial charge on any atom is -0.234 e. The fraction of sp³-hybridized carbons (Fsp3) is 0.909. The Kier molecular flexibility index (Phi) is 22.9. The first-order valence-corrected chi connectivity index (χ1v) is 16.3. The maximum Gasteiger partial charge on any atom is 0.253 e. The Morgan fingerprint density at radius 1 is 0.486 bits per heavy atom. The second-order valence-electron chi connectivity index (χ2n) is 11.4. The quantitative estimate of drug-likeness (QED) is 0.0858. The van der Waals surface area contributed by atoms with Gasteiger partial charge in [-0.1, -0.05) is 149 Å². The summed E-state index contributed by atoms with van der Waals surface area (Å²) in [5.41, 5.74) is 0. The summed E-state index contributed by atoms with van der Waals surface area (Å²) in [5, 5.41) is 0. The van der Waals surface area contributed by atoms with Crippen LogP contribution in [0.4, 0.5) is 0 Å². The predicted octanol–water partition coefficient (Wildman–Crippen LogP) is 10.9.